The molecule has 1 heterocycles. The smallest absolute Gasteiger partial charge is 0.0596 e. The maximum absolute atomic E-state index is 3.47. The Bertz CT molecular complexity index is 332. The largest absolute Gasteiger partial charge is 0.311 e. The van der Waals surface area contributed by atoms with Gasteiger partial charge in [0.05, 0.1) is 6.04 Å². The molecule has 16 heavy (non-hydrogen) atoms. The molecule has 0 aliphatic carbocycles. The second-order valence-electron chi connectivity index (χ2n) is 4.78. The first-order valence-corrected chi connectivity index (χ1v) is 6.68. The molecule has 2 atom stereocenters. The summed E-state index contributed by atoms with van der Waals surface area (Å²) in [5.74, 6) is 0. The third kappa shape index (κ3) is 2.47. The van der Waals surface area contributed by atoms with Crippen LogP contribution >= 0.6 is 11.3 Å². The van der Waals surface area contributed by atoms with E-state index in [1.165, 1.54) is 9.75 Å². The van der Waals surface area contributed by atoms with Gasteiger partial charge in [-0.1, -0.05) is 6.92 Å². The third-order valence-corrected chi connectivity index (χ3v) is 4.76. The highest BCUT2D eigenvalue weighted by atomic mass is 32.1. The van der Waals surface area contributed by atoms with Crippen LogP contribution < -0.4 is 5.32 Å². The molecule has 0 aliphatic rings. The molecule has 1 rings (SSSR count). The molecule has 3 heteroatoms. The number of aryl methyl sites for hydroxylation is 1. The Morgan fingerprint density at radius 2 is 2.06 bits per heavy atom. The lowest BCUT2D eigenvalue weighted by Gasteiger charge is -2.42. The zero-order chi connectivity index (χ0) is 12.3. The summed E-state index contributed by atoms with van der Waals surface area (Å²) >= 11 is 1.89. The number of likely N-dealkylation sites (N-methyl/N-ethyl adjacent to an activating group) is 2. The fourth-order valence-electron chi connectivity index (χ4n) is 2.15. The van der Waals surface area contributed by atoms with Crippen molar-refractivity contribution in [1.82, 2.24) is 10.2 Å². The lowest BCUT2D eigenvalue weighted by Crippen LogP contribution is -2.50. The van der Waals surface area contributed by atoms with Crippen molar-refractivity contribution in [3.8, 4) is 0 Å². The lowest BCUT2D eigenvalue weighted by molar-refractivity contribution is 0.118. The SMILES string of the molecule is CCC(C)(C(NC)c1ccc(C)s1)N(C)C. The molecule has 92 valence electrons. The molecule has 0 radical (unpaired) electrons. The van der Waals surface area contributed by atoms with Gasteiger partial charge < -0.3 is 10.2 Å². The van der Waals surface area contributed by atoms with E-state index >= 15 is 0 Å². The summed E-state index contributed by atoms with van der Waals surface area (Å²) in [7, 11) is 6.37. The molecule has 0 saturated heterocycles. The molecular formula is C13H24N2S. The predicted molar refractivity (Wildman–Crippen MR) is 73.2 cm³/mol. The molecule has 0 bridgehead atoms. The summed E-state index contributed by atoms with van der Waals surface area (Å²) in [6, 6.07) is 4.85. The summed E-state index contributed by atoms with van der Waals surface area (Å²) in [6.07, 6.45) is 1.13. The first kappa shape index (κ1) is 13.7. The Balaban J connectivity index is 3.05. The minimum absolute atomic E-state index is 0.159. The van der Waals surface area contributed by atoms with E-state index in [9.17, 15) is 0 Å². The fourth-order valence-corrected chi connectivity index (χ4v) is 3.28. The van der Waals surface area contributed by atoms with Crippen molar-refractivity contribution in [1.29, 1.82) is 0 Å². The maximum Gasteiger partial charge on any atom is 0.0596 e. The highest BCUT2D eigenvalue weighted by Gasteiger charge is 2.35. The predicted octanol–water partition coefficient (Wildman–Crippen LogP) is 3.05. The van der Waals surface area contributed by atoms with Crippen LogP contribution in [0.5, 0.6) is 0 Å². The van der Waals surface area contributed by atoms with E-state index in [-0.39, 0.29) is 5.54 Å². The molecule has 1 aromatic heterocycles. The van der Waals surface area contributed by atoms with Gasteiger partial charge in [-0.2, -0.15) is 0 Å². The van der Waals surface area contributed by atoms with Crippen molar-refractivity contribution < 1.29 is 0 Å². The van der Waals surface area contributed by atoms with Gasteiger partial charge in [0.25, 0.3) is 0 Å². The summed E-state index contributed by atoms with van der Waals surface area (Å²) in [6.45, 7) is 6.74. The topological polar surface area (TPSA) is 15.3 Å². The zero-order valence-corrected chi connectivity index (χ0v) is 12.1. The average molecular weight is 240 g/mol. The average Bonchev–Trinajstić information content (AvgIpc) is 2.65. The van der Waals surface area contributed by atoms with E-state index < -0.39 is 0 Å². The van der Waals surface area contributed by atoms with Gasteiger partial charge in [0.2, 0.25) is 0 Å². The summed E-state index contributed by atoms with van der Waals surface area (Å²) in [5, 5.41) is 3.47. The number of nitrogens with zero attached hydrogens (tertiary/aromatic N) is 1. The third-order valence-electron chi connectivity index (χ3n) is 3.69. The van der Waals surface area contributed by atoms with Crippen molar-refractivity contribution in [2.45, 2.75) is 38.8 Å². The van der Waals surface area contributed by atoms with Crippen LogP contribution in [0.1, 0.15) is 36.1 Å². The molecule has 0 aromatic carbocycles. The van der Waals surface area contributed by atoms with Crippen LogP contribution in [0, 0.1) is 6.92 Å². The summed E-state index contributed by atoms with van der Waals surface area (Å²) in [4.78, 5) is 5.13. The molecule has 0 fully saturated rings. The van der Waals surface area contributed by atoms with Gasteiger partial charge in [-0.25, -0.2) is 0 Å². The summed E-state index contributed by atoms with van der Waals surface area (Å²) in [5.41, 5.74) is 0.159. The second-order valence-corrected chi connectivity index (χ2v) is 6.09. The Morgan fingerprint density at radius 3 is 2.38 bits per heavy atom. The van der Waals surface area contributed by atoms with Crippen molar-refractivity contribution >= 4 is 11.3 Å². The van der Waals surface area contributed by atoms with E-state index in [4.69, 9.17) is 0 Å². The Hall–Kier alpha value is -0.380. The van der Waals surface area contributed by atoms with Crippen LogP contribution in [-0.4, -0.2) is 31.6 Å². The second kappa shape index (κ2) is 5.30. The van der Waals surface area contributed by atoms with Crippen molar-refractivity contribution in [2.24, 2.45) is 0 Å². The van der Waals surface area contributed by atoms with Crippen LogP contribution in [0.4, 0.5) is 0 Å². The minimum atomic E-state index is 0.159. The molecule has 0 amide bonds. The van der Waals surface area contributed by atoms with E-state index in [2.05, 4.69) is 64.3 Å². The van der Waals surface area contributed by atoms with Crippen LogP contribution in [0.3, 0.4) is 0 Å². The molecule has 2 nitrogen and oxygen atoms in total. The molecule has 0 saturated carbocycles. The molecule has 2 unspecified atom stereocenters. The Labute approximate surface area is 104 Å². The van der Waals surface area contributed by atoms with Gasteiger partial charge in [0.1, 0.15) is 0 Å². The van der Waals surface area contributed by atoms with Gasteiger partial charge in [0.15, 0.2) is 0 Å². The van der Waals surface area contributed by atoms with Crippen LogP contribution in [0.25, 0.3) is 0 Å². The Morgan fingerprint density at radius 1 is 1.44 bits per heavy atom. The van der Waals surface area contributed by atoms with Crippen molar-refractivity contribution in [2.75, 3.05) is 21.1 Å². The first-order chi connectivity index (χ1) is 7.45. The molecule has 1 aromatic rings. The van der Waals surface area contributed by atoms with Gasteiger partial charge >= 0.3 is 0 Å². The van der Waals surface area contributed by atoms with Crippen molar-refractivity contribution in [3.63, 3.8) is 0 Å². The monoisotopic (exact) mass is 240 g/mol. The van der Waals surface area contributed by atoms with E-state index in [0.29, 0.717) is 6.04 Å². The van der Waals surface area contributed by atoms with Gasteiger partial charge in [-0.15, -0.1) is 11.3 Å². The molecule has 0 aliphatic heterocycles. The number of rotatable bonds is 5. The van der Waals surface area contributed by atoms with E-state index in [1.807, 2.05) is 11.3 Å². The number of thiophene rings is 1. The van der Waals surface area contributed by atoms with Crippen LogP contribution in [-0.2, 0) is 0 Å². The van der Waals surface area contributed by atoms with Gasteiger partial charge in [-0.3, -0.25) is 0 Å². The quantitative estimate of drug-likeness (QED) is 0.851. The number of nitrogens with one attached hydrogen (secondary N) is 1. The highest BCUT2D eigenvalue weighted by Crippen LogP contribution is 2.35. The molecular weight excluding hydrogens is 216 g/mol. The minimum Gasteiger partial charge on any atom is -0.311 e. The van der Waals surface area contributed by atoms with Crippen LogP contribution in [0.2, 0.25) is 0 Å². The normalized spacial score (nSPS) is 17.4. The van der Waals surface area contributed by atoms with E-state index in [0.717, 1.165) is 6.42 Å². The van der Waals surface area contributed by atoms with Crippen LogP contribution in [0.15, 0.2) is 12.1 Å². The lowest BCUT2D eigenvalue weighted by atomic mass is 9.87. The number of hydrogen-bond donors (Lipinski definition) is 1. The van der Waals surface area contributed by atoms with Gasteiger partial charge in [-0.05, 0) is 53.5 Å². The maximum atomic E-state index is 3.47. The standard InChI is InChI=1S/C13H24N2S/c1-7-13(3,15(5)6)12(14-4)11-9-8-10(2)16-11/h8-9,12,14H,7H2,1-6H3. The fraction of sp³-hybridized carbons (Fsp3) is 0.692. The number of hydrogen-bond acceptors (Lipinski definition) is 3. The molecule has 1 N–H and O–H groups in total. The zero-order valence-electron chi connectivity index (χ0n) is 11.3. The Kier molecular flexibility index (Phi) is 4.53. The first-order valence-electron chi connectivity index (χ1n) is 5.86. The van der Waals surface area contributed by atoms with E-state index in [1.54, 1.807) is 0 Å². The molecule has 0 spiro atoms. The summed E-state index contributed by atoms with van der Waals surface area (Å²) < 4.78 is 0. The van der Waals surface area contributed by atoms with Gasteiger partial charge in [0, 0.05) is 15.3 Å². The highest BCUT2D eigenvalue weighted by molar-refractivity contribution is 7.12. The van der Waals surface area contributed by atoms with Crippen molar-refractivity contribution in [3.05, 3.63) is 21.9 Å².